The Kier molecular flexibility index (Phi) is 4.29. The monoisotopic (exact) mass is 394 g/mol. The predicted octanol–water partition coefficient (Wildman–Crippen LogP) is 2.12. The highest BCUT2D eigenvalue weighted by Crippen LogP contribution is 2.68. The number of allylic oxidation sites excluding steroid dienone is 4. The van der Waals surface area contributed by atoms with Gasteiger partial charge >= 0.3 is 0 Å². The summed E-state index contributed by atoms with van der Waals surface area (Å²) in [6.07, 6.45) is 5.15. The fourth-order valence-electron chi connectivity index (χ4n) is 6.98. The van der Waals surface area contributed by atoms with E-state index in [-0.39, 0.29) is 30.0 Å². The summed E-state index contributed by atoms with van der Waals surface area (Å²) in [5, 5.41) is 32.3. The standard InChI is InChI=1S/C21H27ClO5/c1-19-9-15(25)18-13(14(19)5-6-21(19,27)17(26)10-23)4-3-11-7-12(24)8-16(22)20(11,18)2/h7-8,13-15,18,23,25,27H,3-6,9-10H2,1-2H3/t13-,14-,15-,18+,19-,20+,21-/m0/s1. The number of hydrogen-bond donors (Lipinski definition) is 3. The zero-order valence-corrected chi connectivity index (χ0v) is 16.5. The summed E-state index contributed by atoms with van der Waals surface area (Å²) in [7, 11) is 0. The van der Waals surface area contributed by atoms with Crippen molar-refractivity contribution in [1.82, 2.24) is 0 Å². The minimum atomic E-state index is -1.60. The maximum atomic E-state index is 12.4. The van der Waals surface area contributed by atoms with E-state index in [0.29, 0.717) is 17.9 Å². The molecule has 0 unspecified atom stereocenters. The van der Waals surface area contributed by atoms with Gasteiger partial charge in [0, 0.05) is 27.9 Å². The minimum Gasteiger partial charge on any atom is -0.393 e. The quantitative estimate of drug-likeness (QED) is 0.666. The van der Waals surface area contributed by atoms with Crippen LogP contribution in [0.25, 0.3) is 0 Å². The molecule has 0 amide bonds. The predicted molar refractivity (Wildman–Crippen MR) is 99.8 cm³/mol. The average molecular weight is 395 g/mol. The summed E-state index contributed by atoms with van der Waals surface area (Å²) in [4.78, 5) is 24.3. The summed E-state index contributed by atoms with van der Waals surface area (Å²) >= 11 is 6.57. The van der Waals surface area contributed by atoms with Gasteiger partial charge < -0.3 is 15.3 Å². The fraction of sp³-hybridized carbons (Fsp3) is 0.714. The molecule has 0 aromatic heterocycles. The first-order valence-corrected chi connectivity index (χ1v) is 10.1. The van der Waals surface area contributed by atoms with Crippen LogP contribution in [-0.2, 0) is 9.59 Å². The summed E-state index contributed by atoms with van der Waals surface area (Å²) in [6.45, 7) is 3.20. The Hall–Kier alpha value is -1.01. The maximum Gasteiger partial charge on any atom is 0.190 e. The van der Waals surface area contributed by atoms with E-state index < -0.39 is 34.9 Å². The molecule has 0 bridgehead atoms. The molecule has 0 aliphatic heterocycles. The van der Waals surface area contributed by atoms with Crippen LogP contribution in [0.5, 0.6) is 0 Å². The molecule has 7 atom stereocenters. The van der Waals surface area contributed by atoms with Crippen LogP contribution in [0, 0.1) is 28.6 Å². The van der Waals surface area contributed by atoms with Crippen molar-refractivity contribution in [3.05, 3.63) is 22.8 Å². The lowest BCUT2D eigenvalue weighted by molar-refractivity contribution is -0.178. The molecule has 0 saturated heterocycles. The fourth-order valence-corrected chi connectivity index (χ4v) is 7.34. The van der Waals surface area contributed by atoms with E-state index in [4.69, 9.17) is 11.6 Å². The van der Waals surface area contributed by atoms with Crippen LogP contribution >= 0.6 is 11.6 Å². The van der Waals surface area contributed by atoms with E-state index >= 15 is 0 Å². The largest absolute Gasteiger partial charge is 0.393 e. The first kappa shape index (κ1) is 19.3. The van der Waals surface area contributed by atoms with Crippen LogP contribution < -0.4 is 0 Å². The van der Waals surface area contributed by atoms with Crippen LogP contribution in [0.15, 0.2) is 22.8 Å². The van der Waals surface area contributed by atoms with Crippen molar-refractivity contribution < 1.29 is 24.9 Å². The molecule has 6 heteroatoms. The van der Waals surface area contributed by atoms with Crippen LogP contribution in [0.4, 0.5) is 0 Å². The maximum absolute atomic E-state index is 12.4. The molecule has 3 saturated carbocycles. The number of halogens is 1. The number of ketones is 2. The molecule has 27 heavy (non-hydrogen) atoms. The van der Waals surface area contributed by atoms with Gasteiger partial charge in [0.1, 0.15) is 12.2 Å². The highest BCUT2D eigenvalue weighted by atomic mass is 35.5. The Morgan fingerprint density at radius 3 is 2.67 bits per heavy atom. The molecule has 0 aromatic carbocycles. The van der Waals surface area contributed by atoms with Gasteiger partial charge in [-0.1, -0.05) is 31.0 Å². The molecular formula is C21H27ClO5. The molecule has 4 rings (SSSR count). The van der Waals surface area contributed by atoms with Crippen molar-refractivity contribution in [2.24, 2.45) is 28.6 Å². The second-order valence-corrected chi connectivity index (χ2v) is 9.68. The molecular weight excluding hydrogens is 368 g/mol. The van der Waals surface area contributed by atoms with Gasteiger partial charge in [-0.25, -0.2) is 0 Å². The van der Waals surface area contributed by atoms with Crippen LogP contribution in [0.3, 0.4) is 0 Å². The Labute approximate surface area is 164 Å². The second-order valence-electron chi connectivity index (χ2n) is 9.27. The zero-order chi connectivity index (χ0) is 19.8. The van der Waals surface area contributed by atoms with Crippen molar-refractivity contribution in [1.29, 1.82) is 0 Å². The van der Waals surface area contributed by atoms with Crippen LogP contribution in [-0.4, -0.2) is 45.2 Å². The molecule has 4 aliphatic rings. The van der Waals surface area contributed by atoms with E-state index in [2.05, 4.69) is 0 Å². The zero-order valence-electron chi connectivity index (χ0n) is 15.7. The van der Waals surface area contributed by atoms with E-state index in [1.54, 1.807) is 6.08 Å². The Balaban J connectivity index is 1.77. The van der Waals surface area contributed by atoms with Gasteiger partial charge in [-0.15, -0.1) is 0 Å². The molecule has 0 radical (unpaired) electrons. The van der Waals surface area contributed by atoms with E-state index in [1.807, 2.05) is 13.8 Å². The third-order valence-electron chi connectivity index (χ3n) is 8.37. The molecule has 3 fully saturated rings. The number of hydrogen-bond acceptors (Lipinski definition) is 5. The van der Waals surface area contributed by atoms with Gasteiger partial charge in [0.05, 0.1) is 6.10 Å². The van der Waals surface area contributed by atoms with Gasteiger partial charge in [0.25, 0.3) is 0 Å². The number of aliphatic hydroxyl groups excluding tert-OH is 2. The lowest BCUT2D eigenvalue weighted by Crippen LogP contribution is -2.62. The Morgan fingerprint density at radius 2 is 2.00 bits per heavy atom. The highest BCUT2D eigenvalue weighted by Gasteiger charge is 2.68. The summed E-state index contributed by atoms with van der Waals surface area (Å²) in [5.41, 5.74) is -1.98. The van der Waals surface area contributed by atoms with Crippen molar-refractivity contribution in [2.75, 3.05) is 6.61 Å². The average Bonchev–Trinajstić information content (AvgIpc) is 2.87. The minimum absolute atomic E-state index is 0.0619. The number of aliphatic hydroxyl groups is 3. The molecule has 148 valence electrons. The first-order valence-electron chi connectivity index (χ1n) is 9.77. The van der Waals surface area contributed by atoms with Crippen LogP contribution in [0.1, 0.15) is 46.0 Å². The normalized spacial score (nSPS) is 48.9. The summed E-state index contributed by atoms with van der Waals surface area (Å²) in [6, 6.07) is 0. The lowest BCUT2D eigenvalue weighted by Gasteiger charge is -2.60. The van der Waals surface area contributed by atoms with Gasteiger partial charge in [-0.3, -0.25) is 9.59 Å². The van der Waals surface area contributed by atoms with Crippen LogP contribution in [0.2, 0.25) is 0 Å². The molecule has 3 N–H and O–H groups in total. The summed E-state index contributed by atoms with van der Waals surface area (Å²) in [5.74, 6) is -0.658. The SMILES string of the molecule is C[C@]12C(Cl)=CC(=O)C=C1CC[C@@H]1[C@@H]2[C@@H](O)C[C@@]2(C)[C@H]1CC[C@]2(O)C(=O)CO. The van der Waals surface area contributed by atoms with Gasteiger partial charge in [0.2, 0.25) is 0 Å². The van der Waals surface area contributed by atoms with E-state index in [1.165, 1.54) is 6.08 Å². The third-order valence-corrected chi connectivity index (χ3v) is 8.88. The van der Waals surface area contributed by atoms with Gasteiger partial charge in [-0.2, -0.15) is 0 Å². The molecule has 0 spiro atoms. The van der Waals surface area contributed by atoms with E-state index in [9.17, 15) is 24.9 Å². The third kappa shape index (κ3) is 2.29. The second kappa shape index (κ2) is 5.99. The lowest BCUT2D eigenvalue weighted by atomic mass is 9.46. The number of carbonyl (C=O) groups is 2. The van der Waals surface area contributed by atoms with Crippen molar-refractivity contribution in [3.8, 4) is 0 Å². The Morgan fingerprint density at radius 1 is 1.30 bits per heavy atom. The van der Waals surface area contributed by atoms with Gasteiger partial charge in [-0.05, 0) is 50.0 Å². The summed E-state index contributed by atoms with van der Waals surface area (Å²) < 4.78 is 0. The number of Topliss-reactive ketones (excluding diaryl/α,β-unsaturated/α-hetero) is 1. The number of fused-ring (bicyclic) bond motifs is 5. The number of carbonyl (C=O) groups excluding carboxylic acids is 2. The van der Waals surface area contributed by atoms with Crippen molar-refractivity contribution in [2.45, 2.75) is 57.7 Å². The van der Waals surface area contributed by atoms with Crippen molar-refractivity contribution in [3.63, 3.8) is 0 Å². The molecule has 4 aliphatic carbocycles. The smallest absolute Gasteiger partial charge is 0.190 e. The number of rotatable bonds is 2. The first-order chi connectivity index (χ1) is 12.6. The highest BCUT2D eigenvalue weighted by molar-refractivity contribution is 6.33. The topological polar surface area (TPSA) is 94.8 Å². The molecule has 5 nitrogen and oxygen atoms in total. The van der Waals surface area contributed by atoms with Gasteiger partial charge in [0.15, 0.2) is 11.6 Å². The van der Waals surface area contributed by atoms with E-state index in [0.717, 1.165) is 18.4 Å². The molecule has 0 heterocycles. The van der Waals surface area contributed by atoms with Crippen molar-refractivity contribution >= 4 is 23.2 Å². The molecule has 0 aromatic rings. The Bertz CT molecular complexity index is 773.